The van der Waals surface area contributed by atoms with E-state index in [0.29, 0.717) is 17.6 Å². The highest BCUT2D eigenvalue weighted by molar-refractivity contribution is 6.23. The molecule has 0 atom stereocenters. The number of methoxy groups -OCH3 is 2. The van der Waals surface area contributed by atoms with Gasteiger partial charge >= 0.3 is 0 Å². The van der Waals surface area contributed by atoms with Gasteiger partial charge in [-0.05, 0) is 147 Å². The van der Waals surface area contributed by atoms with Gasteiger partial charge in [-0.3, -0.25) is 9.59 Å². The van der Waals surface area contributed by atoms with E-state index < -0.39 is 0 Å². The van der Waals surface area contributed by atoms with Crippen LogP contribution >= 0.6 is 0 Å². The van der Waals surface area contributed by atoms with Crippen LogP contribution in [-0.2, 0) is 19.1 Å². The van der Waals surface area contributed by atoms with Crippen LogP contribution in [0.3, 0.4) is 0 Å². The molecule has 0 aromatic carbocycles. The van der Waals surface area contributed by atoms with Crippen molar-refractivity contribution in [2.45, 2.75) is 147 Å². The zero-order valence-electron chi connectivity index (χ0n) is 36.5. The molecule has 54 heavy (non-hydrogen) atoms. The molecule has 1 aliphatic carbocycles. The average molecular weight is 737 g/mol. The van der Waals surface area contributed by atoms with Crippen molar-refractivity contribution in [3.05, 3.63) is 139 Å². The van der Waals surface area contributed by atoms with Crippen molar-refractivity contribution in [2.24, 2.45) is 0 Å². The smallest absolute Gasteiger partial charge is 0.228 e. The van der Waals surface area contributed by atoms with Crippen LogP contribution in [-0.4, -0.2) is 25.8 Å². The number of hydrogen-bond acceptors (Lipinski definition) is 4. The van der Waals surface area contributed by atoms with E-state index in [9.17, 15) is 9.59 Å². The van der Waals surface area contributed by atoms with E-state index in [4.69, 9.17) is 9.47 Å². The molecule has 1 aliphatic rings. The van der Waals surface area contributed by atoms with Crippen LogP contribution in [0.5, 0.6) is 0 Å². The Morgan fingerprint density at radius 1 is 0.389 bits per heavy atom. The first-order valence-corrected chi connectivity index (χ1v) is 19.6. The molecule has 0 aromatic rings. The van der Waals surface area contributed by atoms with Gasteiger partial charge in [-0.2, -0.15) is 0 Å². The first-order valence-electron chi connectivity index (χ1n) is 19.6. The van der Waals surface area contributed by atoms with Crippen molar-refractivity contribution >= 4 is 11.6 Å². The van der Waals surface area contributed by atoms with Crippen LogP contribution in [0.4, 0.5) is 0 Å². The second kappa shape index (κ2) is 25.8. The predicted octanol–water partition coefficient (Wildman–Crippen LogP) is 14.3. The molecule has 0 N–H and O–H groups in total. The summed E-state index contributed by atoms with van der Waals surface area (Å²) in [6.07, 6.45) is 32.2. The average Bonchev–Trinajstić information content (AvgIpc) is 3.14. The summed E-state index contributed by atoms with van der Waals surface area (Å²) in [5.74, 6) is -0.616. The molecule has 0 saturated heterocycles. The fraction of sp³-hybridized carbons (Fsp3) is 0.480. The van der Waals surface area contributed by atoms with Crippen LogP contribution in [0.25, 0.3) is 0 Å². The van der Waals surface area contributed by atoms with Gasteiger partial charge in [0.25, 0.3) is 0 Å². The van der Waals surface area contributed by atoms with Gasteiger partial charge in [-0.25, -0.2) is 0 Å². The maximum Gasteiger partial charge on any atom is 0.228 e. The third-order valence-electron chi connectivity index (χ3n) is 9.76. The number of rotatable bonds is 22. The molecule has 0 unspecified atom stereocenters. The lowest BCUT2D eigenvalue weighted by atomic mass is 9.90. The summed E-state index contributed by atoms with van der Waals surface area (Å²) in [7, 11) is 2.76. The maximum atomic E-state index is 12.9. The summed E-state index contributed by atoms with van der Waals surface area (Å²) in [5.41, 5.74) is 14.6. The van der Waals surface area contributed by atoms with Gasteiger partial charge in [0.2, 0.25) is 23.1 Å². The predicted molar refractivity (Wildman–Crippen MR) is 233 cm³/mol. The number of Topliss-reactive ketones (excluding diaryl/α,β-unsaturated/α-hetero) is 2. The molecular weight excluding hydrogens is 665 g/mol. The molecule has 0 amide bonds. The van der Waals surface area contributed by atoms with Gasteiger partial charge in [0.05, 0.1) is 14.2 Å². The molecule has 0 aromatic heterocycles. The first-order chi connectivity index (χ1) is 25.5. The first kappa shape index (κ1) is 47.8. The van der Waals surface area contributed by atoms with Crippen LogP contribution in [0.2, 0.25) is 0 Å². The normalized spacial score (nSPS) is 16.5. The topological polar surface area (TPSA) is 52.6 Å². The Morgan fingerprint density at radius 3 is 0.889 bits per heavy atom. The van der Waals surface area contributed by atoms with Crippen molar-refractivity contribution in [2.75, 3.05) is 14.2 Å². The van der Waals surface area contributed by atoms with Gasteiger partial charge in [0.15, 0.2) is 0 Å². The number of hydrogen-bond donors (Lipinski definition) is 0. The van der Waals surface area contributed by atoms with E-state index in [0.717, 1.165) is 63.4 Å². The second-order valence-corrected chi connectivity index (χ2v) is 15.6. The van der Waals surface area contributed by atoms with Crippen molar-refractivity contribution in [1.82, 2.24) is 0 Å². The molecule has 0 heterocycles. The number of ether oxygens (including phenoxy) is 2. The summed E-state index contributed by atoms with van der Waals surface area (Å²) in [4.78, 5) is 25.5. The minimum atomic E-state index is -0.295. The van der Waals surface area contributed by atoms with Crippen LogP contribution < -0.4 is 0 Å². The summed E-state index contributed by atoms with van der Waals surface area (Å²) < 4.78 is 10.3. The number of carbonyl (C=O) groups excluding carboxylic acids is 2. The number of allylic oxidation sites excluding steroid dienone is 22. The molecule has 1 rings (SSSR count). The third-order valence-corrected chi connectivity index (χ3v) is 9.76. The lowest BCUT2D eigenvalue weighted by Crippen LogP contribution is -2.24. The largest absolute Gasteiger partial charge is 0.489 e. The molecule has 0 bridgehead atoms. The van der Waals surface area contributed by atoms with Crippen molar-refractivity contribution in [1.29, 1.82) is 0 Å². The van der Waals surface area contributed by atoms with E-state index in [2.05, 4.69) is 131 Å². The highest BCUT2D eigenvalue weighted by Gasteiger charge is 2.34. The summed E-state index contributed by atoms with van der Waals surface area (Å²) in [5, 5.41) is 0. The fourth-order valence-corrected chi connectivity index (χ4v) is 5.51. The van der Waals surface area contributed by atoms with Gasteiger partial charge in [0, 0.05) is 11.1 Å². The molecule has 0 fully saturated rings. The van der Waals surface area contributed by atoms with Gasteiger partial charge in [-0.15, -0.1) is 0 Å². The monoisotopic (exact) mass is 737 g/mol. The zero-order valence-corrected chi connectivity index (χ0v) is 36.5. The lowest BCUT2D eigenvalue weighted by molar-refractivity contribution is -0.121. The quantitative estimate of drug-likeness (QED) is 0.0820. The molecule has 0 radical (unpaired) electrons. The summed E-state index contributed by atoms with van der Waals surface area (Å²) in [6.45, 7) is 25.8. The van der Waals surface area contributed by atoms with Crippen LogP contribution in [0.15, 0.2) is 139 Å². The molecule has 0 saturated carbocycles. The van der Waals surface area contributed by atoms with Gasteiger partial charge < -0.3 is 9.47 Å². The van der Waals surface area contributed by atoms with Gasteiger partial charge in [0.1, 0.15) is 0 Å². The van der Waals surface area contributed by atoms with Crippen molar-refractivity contribution in [3.63, 3.8) is 0 Å². The van der Waals surface area contributed by atoms with E-state index in [1.807, 2.05) is 6.08 Å². The van der Waals surface area contributed by atoms with E-state index >= 15 is 0 Å². The molecular formula is C50H72O4. The SMILES string of the molecule is COC1=C(OC)C(=O)C(C/C=C(/C)C/C=C(/C)C/C=C(/C)C/C=C(/C)C/C=C(/C)C/C=C(/C)C/C=C(/C)C/C=C(/C)C/C=C(/C)CC=C(C)C)=C(C)C1=O. The summed E-state index contributed by atoms with van der Waals surface area (Å²) in [6, 6.07) is 0. The minimum Gasteiger partial charge on any atom is -0.489 e. The Hall–Kier alpha value is -4.18. The number of carbonyl (C=O) groups is 2. The Labute approximate surface area is 330 Å². The molecule has 4 heteroatoms. The maximum absolute atomic E-state index is 12.9. The molecule has 4 nitrogen and oxygen atoms in total. The van der Waals surface area contributed by atoms with E-state index in [1.54, 1.807) is 6.92 Å². The van der Waals surface area contributed by atoms with E-state index in [-0.39, 0.29) is 23.1 Å². The van der Waals surface area contributed by atoms with Crippen LogP contribution in [0, 0.1) is 0 Å². The zero-order chi connectivity index (χ0) is 40.8. The van der Waals surface area contributed by atoms with E-state index in [1.165, 1.54) is 64.4 Å². The third kappa shape index (κ3) is 19.2. The molecule has 296 valence electrons. The molecule has 0 spiro atoms. The Morgan fingerprint density at radius 2 is 0.630 bits per heavy atom. The Bertz CT molecular complexity index is 1690. The molecule has 0 aliphatic heterocycles. The standard InChI is InChI=1S/C50H72O4/c1-35(2)15-16-36(3)17-18-37(4)19-20-38(5)21-22-39(6)23-24-40(7)25-26-41(8)27-28-42(9)29-30-43(10)31-32-44(11)33-34-46-45(12)47(51)49(53-13)50(54-14)48(46)52/h15,17,19,21,23,25,27,29,31,33H,16,18,20,22,24,26,28,30,32,34H2,1-14H3/b36-17-,37-19-,38-21-,39-23-,40-25-,41-27-,42-29-,43-31-,44-33-. The van der Waals surface area contributed by atoms with Crippen molar-refractivity contribution in [3.8, 4) is 0 Å². The highest BCUT2D eigenvalue weighted by Crippen LogP contribution is 2.28. The number of ketones is 2. The lowest BCUT2D eigenvalue weighted by Gasteiger charge is -2.19. The second-order valence-electron chi connectivity index (χ2n) is 15.6. The summed E-state index contributed by atoms with van der Waals surface area (Å²) >= 11 is 0. The van der Waals surface area contributed by atoms with Crippen LogP contribution in [0.1, 0.15) is 147 Å². The van der Waals surface area contributed by atoms with Crippen molar-refractivity contribution < 1.29 is 19.1 Å². The highest BCUT2D eigenvalue weighted by atomic mass is 16.5. The Kier molecular flexibility index (Phi) is 22.8. The minimum absolute atomic E-state index is 0.0177. The Balaban J connectivity index is 2.56. The van der Waals surface area contributed by atoms with Gasteiger partial charge in [-0.1, -0.05) is 116 Å². The fourth-order valence-electron chi connectivity index (χ4n) is 5.51.